The number of furan rings is 6. The van der Waals surface area contributed by atoms with Gasteiger partial charge in [-0.2, -0.15) is 0 Å². The monoisotopic (exact) mass is 1550 g/mol. The molecule has 0 radical (unpaired) electrons. The molecule has 120 heavy (non-hydrogen) atoms. The van der Waals surface area contributed by atoms with E-state index < -0.39 is 0 Å². The van der Waals surface area contributed by atoms with E-state index in [1.54, 1.807) is 24.8 Å². The van der Waals surface area contributed by atoms with Crippen molar-refractivity contribution in [3.05, 3.63) is 410 Å². The third-order valence-corrected chi connectivity index (χ3v) is 22.1. The summed E-state index contributed by atoms with van der Waals surface area (Å²) in [5.74, 6) is 0. The first-order chi connectivity index (χ1) is 58.9. The van der Waals surface area contributed by atoms with Crippen molar-refractivity contribution in [1.82, 2.24) is 19.9 Å². The fourth-order valence-corrected chi connectivity index (χ4v) is 16.0. The third kappa shape index (κ3) is 15.0. The highest BCUT2D eigenvalue weighted by molar-refractivity contribution is 6.13. The first kappa shape index (κ1) is 74.6. The lowest BCUT2D eigenvalue weighted by atomic mass is 9.99. The number of benzene rings is 14. The minimum atomic E-state index is 0.698. The number of aryl methyl sites for hydroxylation is 6. The number of rotatable bonds is 6. The Balaban J connectivity index is 0.0000000952. The molecule has 0 fully saturated rings. The largest absolute Gasteiger partial charge is 0.455 e. The molecule has 0 saturated carbocycles. The molecule has 0 amide bonds. The van der Waals surface area contributed by atoms with E-state index in [2.05, 4.69) is 334 Å². The van der Waals surface area contributed by atoms with Gasteiger partial charge in [0.15, 0.2) is 0 Å². The molecule has 576 valence electrons. The van der Waals surface area contributed by atoms with Crippen molar-refractivity contribution >= 4 is 132 Å². The zero-order valence-electron chi connectivity index (χ0n) is 67.0. The van der Waals surface area contributed by atoms with Crippen molar-refractivity contribution in [2.24, 2.45) is 0 Å². The highest BCUT2D eigenvalue weighted by atomic mass is 16.4. The minimum absolute atomic E-state index is 0.698. The van der Waals surface area contributed by atoms with Gasteiger partial charge >= 0.3 is 0 Å². The van der Waals surface area contributed by atoms with Gasteiger partial charge in [-0.1, -0.05) is 277 Å². The maximum atomic E-state index is 6.08. The molecule has 0 spiro atoms. The van der Waals surface area contributed by atoms with Gasteiger partial charge in [-0.25, -0.2) is 19.9 Å². The number of para-hydroxylation sites is 5. The van der Waals surface area contributed by atoms with Crippen LogP contribution in [0, 0.1) is 41.5 Å². The van der Waals surface area contributed by atoms with E-state index in [9.17, 15) is 0 Å². The van der Waals surface area contributed by atoms with Crippen LogP contribution >= 0.6 is 0 Å². The summed E-state index contributed by atoms with van der Waals surface area (Å²) in [7, 11) is 0. The van der Waals surface area contributed by atoms with Crippen LogP contribution in [0.3, 0.4) is 0 Å². The Hall–Kier alpha value is -15.5. The second-order valence-corrected chi connectivity index (χ2v) is 30.3. The molecular weight excluding hydrogens is 1470 g/mol. The van der Waals surface area contributed by atoms with Crippen LogP contribution in [0.1, 0.15) is 33.4 Å². The molecule has 0 bridgehead atoms. The molecule has 0 unspecified atom stereocenters. The molecule has 10 nitrogen and oxygen atoms in total. The zero-order valence-corrected chi connectivity index (χ0v) is 67.0. The molecule has 10 heterocycles. The number of hydrogen-bond donors (Lipinski definition) is 0. The molecule has 0 atom stereocenters. The molecular formula is C110H80N4O6. The summed E-state index contributed by atoms with van der Waals surface area (Å²) in [6.07, 6.45) is 7.03. The average molecular weight is 1550 g/mol. The quantitative estimate of drug-likeness (QED) is 0.159. The number of fused-ring (bicyclic) bond motifs is 18. The number of hydrogen-bond acceptors (Lipinski definition) is 10. The van der Waals surface area contributed by atoms with E-state index in [0.29, 0.717) is 22.9 Å². The smallest absolute Gasteiger partial charge is 0.227 e. The van der Waals surface area contributed by atoms with E-state index in [0.717, 1.165) is 104 Å². The normalized spacial score (nSPS) is 11.2. The Morgan fingerprint density at radius 2 is 0.475 bits per heavy atom. The van der Waals surface area contributed by atoms with Crippen molar-refractivity contribution in [3.63, 3.8) is 0 Å². The summed E-state index contributed by atoms with van der Waals surface area (Å²) < 4.78 is 35.4. The molecule has 0 aliphatic carbocycles. The van der Waals surface area contributed by atoms with Crippen molar-refractivity contribution < 1.29 is 26.5 Å². The van der Waals surface area contributed by atoms with Crippen molar-refractivity contribution in [2.75, 3.05) is 0 Å². The number of pyridine rings is 4. The number of nitrogens with zero attached hydrogens (tertiary/aromatic N) is 4. The second-order valence-electron chi connectivity index (χ2n) is 30.3. The zero-order chi connectivity index (χ0) is 81.2. The summed E-state index contributed by atoms with van der Waals surface area (Å²) in [6.45, 7) is 12.7. The van der Waals surface area contributed by atoms with Gasteiger partial charge in [0.2, 0.25) is 22.9 Å². The fourth-order valence-electron chi connectivity index (χ4n) is 16.0. The van der Waals surface area contributed by atoms with Gasteiger partial charge in [0.05, 0.1) is 0 Å². The van der Waals surface area contributed by atoms with Crippen molar-refractivity contribution in [2.45, 2.75) is 41.5 Å². The van der Waals surface area contributed by atoms with Crippen LogP contribution in [0.25, 0.3) is 199 Å². The topological polar surface area (TPSA) is 130 Å². The van der Waals surface area contributed by atoms with E-state index in [4.69, 9.17) is 26.5 Å². The minimum Gasteiger partial charge on any atom is -0.455 e. The van der Waals surface area contributed by atoms with E-state index in [-0.39, 0.29) is 0 Å². The van der Waals surface area contributed by atoms with Gasteiger partial charge in [-0.3, -0.25) is 0 Å². The first-order valence-electron chi connectivity index (χ1n) is 40.2. The Bertz CT molecular complexity index is 7860. The Kier molecular flexibility index (Phi) is 20.3. The van der Waals surface area contributed by atoms with Gasteiger partial charge in [-0.05, 0) is 200 Å². The van der Waals surface area contributed by atoms with Gasteiger partial charge in [0, 0.05) is 106 Å². The molecule has 24 aromatic rings. The van der Waals surface area contributed by atoms with E-state index in [1.165, 1.54) is 105 Å². The maximum Gasteiger partial charge on any atom is 0.227 e. The van der Waals surface area contributed by atoms with Crippen LogP contribution in [0.4, 0.5) is 0 Å². The van der Waals surface area contributed by atoms with Crippen LogP contribution < -0.4 is 0 Å². The highest BCUT2D eigenvalue weighted by Gasteiger charge is 2.18. The Morgan fingerprint density at radius 1 is 0.167 bits per heavy atom. The molecule has 0 saturated heterocycles. The molecule has 0 aliphatic rings. The fraction of sp³-hybridized carbons (Fsp3) is 0.0545. The Morgan fingerprint density at radius 3 is 0.967 bits per heavy atom. The van der Waals surface area contributed by atoms with Gasteiger partial charge < -0.3 is 26.5 Å². The molecule has 10 aromatic heterocycles. The van der Waals surface area contributed by atoms with Crippen LogP contribution in [0.2, 0.25) is 0 Å². The summed E-state index contributed by atoms with van der Waals surface area (Å²) in [6, 6.07) is 121. The predicted octanol–water partition coefficient (Wildman–Crippen LogP) is 30.9. The number of aromatic nitrogens is 4. The summed E-state index contributed by atoms with van der Waals surface area (Å²) >= 11 is 0. The maximum absolute atomic E-state index is 6.08. The van der Waals surface area contributed by atoms with Gasteiger partial charge in [-0.15, -0.1) is 0 Å². The van der Waals surface area contributed by atoms with Gasteiger partial charge in [0.1, 0.15) is 44.7 Å². The summed E-state index contributed by atoms with van der Waals surface area (Å²) in [4.78, 5) is 17.1. The SMILES string of the molecule is Cc1ccc(-c2ccc3oc4ncccc4c3c2)cc1.Cc1ccc(-c2cccc3c2oc2ccccc23)cc1.Cc1cccc(-c2ccc3oc4ncccc4c3c2)c1.Cc1cccc(-c2cccc3c2oc2ccccc23)c1.Cc1ccccc1-c1ccc2oc3ncccc3c2c1.Cc1ccccc1-c1cccc2c1oc1ncccc12. The van der Waals surface area contributed by atoms with Crippen LogP contribution in [-0.4, -0.2) is 19.9 Å². The Labute approximate surface area is 692 Å². The van der Waals surface area contributed by atoms with Crippen molar-refractivity contribution in [3.8, 4) is 66.8 Å². The standard InChI is InChI=1S/2C19H14O.4C18H13NO/c1-13-6-4-7-14(12-13)15-9-5-10-17-16-8-2-3-11-18(16)20-19(15)17;1-13-9-11-14(12-10-13)15-6-4-7-17-16-5-2-3-8-18(16)20-19(15)17;1-12-4-2-5-13(10-12)14-7-8-17-16(11-14)15-6-3-9-19-18(15)20-17;1-12-4-6-13(7-5-12)14-8-9-17-16(11-14)15-3-2-10-19-18(15)20-17;1-12-6-2-3-7-13(12)14-8-4-9-15-16-10-5-11-19-18(16)20-17(14)15;1-12-5-2-3-6-14(12)13-8-9-17-16(11-13)15-7-4-10-19-18(15)20-17/h2*2-12H,1H3;4*2-11H,1H3. The molecule has 0 aliphatic heterocycles. The lowest BCUT2D eigenvalue weighted by Gasteiger charge is -2.05. The van der Waals surface area contributed by atoms with Crippen LogP contribution in [0.15, 0.2) is 403 Å². The van der Waals surface area contributed by atoms with Crippen LogP contribution in [0.5, 0.6) is 0 Å². The van der Waals surface area contributed by atoms with Gasteiger partial charge in [0.25, 0.3) is 0 Å². The average Bonchev–Trinajstić information content (AvgIpc) is 1.66. The highest BCUT2D eigenvalue weighted by Crippen LogP contribution is 2.42. The molecule has 10 heteroatoms. The van der Waals surface area contributed by atoms with E-state index >= 15 is 0 Å². The predicted molar refractivity (Wildman–Crippen MR) is 495 cm³/mol. The van der Waals surface area contributed by atoms with Crippen LogP contribution in [-0.2, 0) is 0 Å². The molecule has 0 N–H and O–H groups in total. The first-order valence-corrected chi connectivity index (χ1v) is 40.2. The van der Waals surface area contributed by atoms with Crippen molar-refractivity contribution in [1.29, 1.82) is 0 Å². The summed E-state index contributed by atoms with van der Waals surface area (Å²) in [5.41, 5.74) is 32.1. The summed E-state index contributed by atoms with van der Waals surface area (Å²) in [5, 5.41) is 13.5. The molecule has 24 rings (SSSR count). The molecule has 14 aromatic carbocycles. The third-order valence-electron chi connectivity index (χ3n) is 22.1. The lowest BCUT2D eigenvalue weighted by molar-refractivity contribution is 0.653. The van der Waals surface area contributed by atoms with E-state index in [1.807, 2.05) is 78.9 Å². The second kappa shape index (κ2) is 32.6. The lowest BCUT2D eigenvalue weighted by Crippen LogP contribution is -1.82.